The first kappa shape index (κ1) is 16.3. The highest BCUT2D eigenvalue weighted by Crippen LogP contribution is 2.36. The standard InChI is InChI=1S/C15H20BF2N3O2/c1-14(2)15(3,4)23-16(22-14)9-6-10-11(7-12(17)18)20-21(5)13(10)19-8-9/h6,8,12H,7H2,1-5H3. The Morgan fingerprint density at radius 1 is 1.22 bits per heavy atom. The Kier molecular flexibility index (Phi) is 3.72. The van der Waals surface area contributed by atoms with Gasteiger partial charge in [0, 0.05) is 24.1 Å². The zero-order valence-electron chi connectivity index (χ0n) is 13.9. The summed E-state index contributed by atoms with van der Waals surface area (Å²) in [6.07, 6.45) is -1.20. The Bertz CT molecular complexity index is 730. The Hall–Kier alpha value is -1.54. The molecule has 0 unspecified atom stereocenters. The van der Waals surface area contributed by atoms with Crippen LogP contribution in [0.1, 0.15) is 33.4 Å². The Balaban J connectivity index is 2.00. The molecule has 2 aromatic rings. The predicted octanol–water partition coefficient (Wildman–Crippen LogP) is 2.08. The first-order valence-electron chi connectivity index (χ1n) is 7.56. The zero-order valence-corrected chi connectivity index (χ0v) is 13.9. The maximum atomic E-state index is 12.7. The van der Waals surface area contributed by atoms with Crippen LogP contribution in [0.5, 0.6) is 0 Å². The molecule has 5 nitrogen and oxygen atoms in total. The van der Waals surface area contributed by atoms with Crippen LogP contribution in [0.15, 0.2) is 12.3 Å². The summed E-state index contributed by atoms with van der Waals surface area (Å²) in [4.78, 5) is 4.34. The molecule has 1 saturated heterocycles. The lowest BCUT2D eigenvalue weighted by Gasteiger charge is -2.32. The second kappa shape index (κ2) is 5.24. The number of halogens is 2. The van der Waals surface area contributed by atoms with Gasteiger partial charge in [-0.25, -0.2) is 13.8 Å². The average Bonchev–Trinajstić information content (AvgIpc) is 2.83. The molecular weight excluding hydrogens is 303 g/mol. The minimum absolute atomic E-state index is 0.336. The molecular formula is C15H20BF2N3O2. The van der Waals surface area contributed by atoms with Gasteiger partial charge in [0.25, 0.3) is 0 Å². The second-order valence-corrected chi connectivity index (χ2v) is 6.89. The van der Waals surface area contributed by atoms with Crippen LogP contribution in [0.3, 0.4) is 0 Å². The molecule has 0 aromatic carbocycles. The minimum atomic E-state index is -2.45. The summed E-state index contributed by atoms with van der Waals surface area (Å²) in [7, 11) is 1.12. The topological polar surface area (TPSA) is 49.2 Å². The van der Waals surface area contributed by atoms with E-state index in [1.54, 1.807) is 19.3 Å². The lowest BCUT2D eigenvalue weighted by molar-refractivity contribution is 0.00578. The van der Waals surface area contributed by atoms with Crippen molar-refractivity contribution in [3.8, 4) is 0 Å². The lowest BCUT2D eigenvalue weighted by atomic mass is 9.80. The van der Waals surface area contributed by atoms with E-state index in [2.05, 4.69) is 10.1 Å². The van der Waals surface area contributed by atoms with Gasteiger partial charge in [0.2, 0.25) is 6.43 Å². The first-order chi connectivity index (χ1) is 10.6. The normalized spacial score (nSPS) is 19.9. The number of hydrogen-bond donors (Lipinski definition) is 0. The van der Waals surface area contributed by atoms with E-state index in [1.807, 2.05) is 27.7 Å². The summed E-state index contributed by atoms with van der Waals surface area (Å²) in [6, 6.07) is 1.79. The molecule has 0 atom stereocenters. The van der Waals surface area contributed by atoms with Crippen LogP contribution in [0.25, 0.3) is 11.0 Å². The van der Waals surface area contributed by atoms with Crippen LogP contribution >= 0.6 is 0 Å². The van der Waals surface area contributed by atoms with Crippen LogP contribution in [0, 0.1) is 0 Å². The van der Waals surface area contributed by atoms with Gasteiger partial charge in [-0.05, 0) is 33.8 Å². The van der Waals surface area contributed by atoms with Gasteiger partial charge in [0.1, 0.15) is 0 Å². The monoisotopic (exact) mass is 323 g/mol. The molecule has 1 aliphatic heterocycles. The van der Waals surface area contributed by atoms with Crippen LogP contribution in [0.2, 0.25) is 0 Å². The van der Waals surface area contributed by atoms with E-state index in [-0.39, 0.29) is 0 Å². The molecule has 1 fully saturated rings. The SMILES string of the molecule is Cn1nc(CC(F)F)c2cc(B3OC(C)(C)C(C)(C)O3)cnc21. The first-order valence-corrected chi connectivity index (χ1v) is 7.56. The highest BCUT2D eigenvalue weighted by molar-refractivity contribution is 6.62. The van der Waals surface area contributed by atoms with E-state index in [4.69, 9.17) is 9.31 Å². The summed E-state index contributed by atoms with van der Waals surface area (Å²) in [5, 5.41) is 4.76. The van der Waals surface area contributed by atoms with Gasteiger partial charge in [0.15, 0.2) is 5.65 Å². The van der Waals surface area contributed by atoms with E-state index in [0.29, 0.717) is 22.2 Å². The number of pyridine rings is 1. The van der Waals surface area contributed by atoms with Gasteiger partial charge in [-0.3, -0.25) is 4.68 Å². The predicted molar refractivity (Wildman–Crippen MR) is 83.9 cm³/mol. The Morgan fingerprint density at radius 2 is 1.83 bits per heavy atom. The molecule has 0 saturated carbocycles. The zero-order chi connectivity index (χ0) is 17.0. The number of aromatic nitrogens is 3. The van der Waals surface area contributed by atoms with Crippen molar-refractivity contribution in [1.29, 1.82) is 0 Å². The van der Waals surface area contributed by atoms with E-state index in [9.17, 15) is 8.78 Å². The molecule has 2 aromatic heterocycles. The van der Waals surface area contributed by atoms with Crippen molar-refractivity contribution in [3.05, 3.63) is 18.0 Å². The van der Waals surface area contributed by atoms with Crippen molar-refractivity contribution in [3.63, 3.8) is 0 Å². The molecule has 0 bridgehead atoms. The van der Waals surface area contributed by atoms with Crippen molar-refractivity contribution in [2.45, 2.75) is 51.7 Å². The highest BCUT2D eigenvalue weighted by atomic mass is 19.3. The number of rotatable bonds is 3. The maximum Gasteiger partial charge on any atom is 0.496 e. The minimum Gasteiger partial charge on any atom is -0.399 e. The van der Waals surface area contributed by atoms with Crippen molar-refractivity contribution in [2.24, 2.45) is 7.05 Å². The van der Waals surface area contributed by atoms with E-state index in [0.717, 1.165) is 0 Å². The van der Waals surface area contributed by atoms with Crippen LogP contribution in [-0.2, 0) is 22.8 Å². The summed E-state index contributed by atoms with van der Waals surface area (Å²) < 4.78 is 39.0. The maximum absolute atomic E-state index is 12.7. The van der Waals surface area contributed by atoms with Crippen LogP contribution < -0.4 is 5.46 Å². The van der Waals surface area contributed by atoms with Gasteiger partial charge in [-0.2, -0.15) is 5.10 Å². The largest absolute Gasteiger partial charge is 0.496 e. The molecule has 1 aliphatic rings. The Labute approximate surface area is 134 Å². The summed E-state index contributed by atoms with van der Waals surface area (Å²) in [5.74, 6) is 0. The van der Waals surface area contributed by atoms with Gasteiger partial charge >= 0.3 is 7.12 Å². The quantitative estimate of drug-likeness (QED) is 0.812. The fraction of sp³-hybridized carbons (Fsp3) is 0.600. The average molecular weight is 323 g/mol. The molecule has 3 heterocycles. The van der Waals surface area contributed by atoms with Crippen molar-refractivity contribution < 1.29 is 18.1 Å². The fourth-order valence-corrected chi connectivity index (χ4v) is 2.63. The molecule has 3 rings (SSSR count). The molecule has 8 heteroatoms. The van der Waals surface area contributed by atoms with Gasteiger partial charge in [0.05, 0.1) is 23.3 Å². The van der Waals surface area contributed by atoms with Crippen LogP contribution in [0.4, 0.5) is 8.78 Å². The third kappa shape index (κ3) is 2.74. The highest BCUT2D eigenvalue weighted by Gasteiger charge is 2.51. The molecule has 0 spiro atoms. The van der Waals surface area contributed by atoms with E-state index >= 15 is 0 Å². The number of fused-ring (bicyclic) bond motifs is 1. The molecule has 0 N–H and O–H groups in total. The molecule has 124 valence electrons. The van der Waals surface area contributed by atoms with Gasteiger partial charge in [-0.1, -0.05) is 0 Å². The number of nitrogens with zero attached hydrogens (tertiary/aromatic N) is 3. The van der Waals surface area contributed by atoms with Gasteiger partial charge in [-0.15, -0.1) is 0 Å². The fourth-order valence-electron chi connectivity index (χ4n) is 2.63. The molecule has 0 amide bonds. The summed E-state index contributed by atoms with van der Waals surface area (Å²) in [6.45, 7) is 7.85. The van der Waals surface area contributed by atoms with Crippen LogP contribution in [-0.4, -0.2) is 39.5 Å². The van der Waals surface area contributed by atoms with E-state index < -0.39 is 31.2 Å². The molecule has 0 aliphatic carbocycles. The third-order valence-electron chi connectivity index (χ3n) is 4.65. The molecule has 0 radical (unpaired) electrons. The van der Waals surface area contributed by atoms with Gasteiger partial charge < -0.3 is 9.31 Å². The summed E-state index contributed by atoms with van der Waals surface area (Å²) in [5.41, 5.74) is 0.685. The van der Waals surface area contributed by atoms with E-state index in [1.165, 1.54) is 4.68 Å². The number of aryl methyl sites for hydroxylation is 1. The third-order valence-corrected chi connectivity index (χ3v) is 4.65. The van der Waals surface area contributed by atoms with Crippen molar-refractivity contribution in [2.75, 3.05) is 0 Å². The summed E-state index contributed by atoms with van der Waals surface area (Å²) >= 11 is 0. The van der Waals surface area contributed by atoms with Crippen molar-refractivity contribution >= 4 is 23.6 Å². The number of hydrogen-bond acceptors (Lipinski definition) is 4. The molecule has 23 heavy (non-hydrogen) atoms. The number of alkyl halides is 2. The Morgan fingerprint density at radius 3 is 2.39 bits per heavy atom. The smallest absolute Gasteiger partial charge is 0.399 e. The van der Waals surface area contributed by atoms with Crippen molar-refractivity contribution in [1.82, 2.24) is 14.8 Å². The lowest BCUT2D eigenvalue weighted by Crippen LogP contribution is -2.41. The second-order valence-electron chi connectivity index (χ2n) is 6.89.